The second-order valence-electron chi connectivity index (χ2n) is 6.84. The van der Waals surface area contributed by atoms with Gasteiger partial charge in [-0.25, -0.2) is 9.97 Å². The van der Waals surface area contributed by atoms with Crippen LogP contribution in [0.25, 0.3) is 11.0 Å². The number of carbonyl (C=O) groups is 1. The first-order valence-electron chi connectivity index (χ1n) is 9.11. The number of aliphatic hydroxyl groups excluding tert-OH is 3. The maximum absolute atomic E-state index is 11.6. The molecule has 3 aromatic rings. The van der Waals surface area contributed by atoms with Crippen LogP contribution in [0, 0.1) is 0 Å². The number of benzene rings is 1. The Morgan fingerprint density at radius 1 is 1.23 bits per heavy atom. The molecule has 1 saturated heterocycles. The van der Waals surface area contributed by atoms with E-state index < -0.39 is 36.6 Å². The summed E-state index contributed by atoms with van der Waals surface area (Å²) in [5.41, 5.74) is 0.868. The number of carbonyl (C=O) groups excluding carboxylic acids is 1. The highest BCUT2D eigenvalue weighted by Gasteiger charge is 2.47. The van der Waals surface area contributed by atoms with Crippen LogP contribution in [0.3, 0.4) is 0 Å². The van der Waals surface area contributed by atoms with Crippen molar-refractivity contribution >= 4 is 34.4 Å². The average Bonchev–Trinajstić information content (AvgIpc) is 3.30. The van der Waals surface area contributed by atoms with Crippen molar-refractivity contribution in [2.24, 2.45) is 0 Å². The SMILES string of the molecule is C=CC(=O)Nc1ncnc2c1ccn2[C@@H]1O[C@H](C(O)c2ccc(Cl)cc2)[C@@H](O)[C@H]1O. The van der Waals surface area contributed by atoms with Crippen LogP contribution in [0.15, 0.2) is 55.5 Å². The Morgan fingerprint density at radius 3 is 2.67 bits per heavy atom. The number of ether oxygens (including phenoxy) is 1. The molecular formula is C20H19ClN4O5. The molecule has 10 heteroatoms. The third kappa shape index (κ3) is 3.57. The zero-order chi connectivity index (χ0) is 21.4. The van der Waals surface area contributed by atoms with Gasteiger partial charge in [0.1, 0.15) is 42.2 Å². The second-order valence-corrected chi connectivity index (χ2v) is 7.28. The molecule has 9 nitrogen and oxygen atoms in total. The number of rotatable bonds is 5. The molecule has 0 spiro atoms. The molecule has 0 radical (unpaired) electrons. The van der Waals surface area contributed by atoms with E-state index in [0.717, 1.165) is 6.08 Å². The molecule has 2 aromatic heterocycles. The van der Waals surface area contributed by atoms with Gasteiger partial charge in [0.15, 0.2) is 6.23 Å². The Bertz CT molecular complexity index is 1090. The summed E-state index contributed by atoms with van der Waals surface area (Å²) in [5.74, 6) is -0.157. The number of nitrogens with one attached hydrogen (secondary N) is 1. The lowest BCUT2D eigenvalue weighted by molar-refractivity contribution is -0.111. The molecule has 5 atom stereocenters. The van der Waals surface area contributed by atoms with Gasteiger partial charge in [-0.3, -0.25) is 4.79 Å². The van der Waals surface area contributed by atoms with E-state index in [2.05, 4.69) is 21.9 Å². The quantitative estimate of drug-likeness (QED) is 0.452. The first-order valence-corrected chi connectivity index (χ1v) is 9.48. The molecule has 1 fully saturated rings. The van der Waals surface area contributed by atoms with E-state index in [4.69, 9.17) is 16.3 Å². The lowest BCUT2D eigenvalue weighted by Crippen LogP contribution is -2.34. The Kier molecular flexibility index (Phi) is 5.54. The molecule has 1 aliphatic heterocycles. The highest BCUT2D eigenvalue weighted by Crippen LogP contribution is 2.38. The molecule has 1 aromatic carbocycles. The Morgan fingerprint density at radius 2 is 1.97 bits per heavy atom. The number of nitrogens with zero attached hydrogens (tertiary/aromatic N) is 3. The number of aromatic nitrogens is 3. The molecule has 1 aliphatic rings. The molecule has 0 aliphatic carbocycles. The summed E-state index contributed by atoms with van der Waals surface area (Å²) in [5, 5.41) is 35.4. The van der Waals surface area contributed by atoms with Crippen molar-refractivity contribution in [3.8, 4) is 0 Å². The molecular weight excluding hydrogens is 412 g/mol. The van der Waals surface area contributed by atoms with E-state index in [-0.39, 0.29) is 5.82 Å². The third-order valence-electron chi connectivity index (χ3n) is 5.01. The minimum absolute atomic E-state index is 0.273. The zero-order valence-corrected chi connectivity index (χ0v) is 16.3. The lowest BCUT2D eigenvalue weighted by atomic mass is 9.99. The second kappa shape index (κ2) is 8.13. The first kappa shape index (κ1) is 20.5. The molecule has 4 rings (SSSR count). The van der Waals surface area contributed by atoms with Gasteiger partial charge in [-0.2, -0.15) is 0 Å². The standard InChI is InChI=1S/C20H19ClN4O5/c1-2-13(26)24-18-12-7-8-25(19(12)23-9-22-18)20-16(29)15(28)17(30-20)14(27)10-3-5-11(21)6-4-10/h2-9,14-17,20,27-29H,1H2,(H,22,23,24,26)/t14?,15-,16+,17+,20+/m0/s1. The summed E-state index contributed by atoms with van der Waals surface area (Å²) in [6.07, 6.45) is -1.97. The van der Waals surface area contributed by atoms with Crippen molar-refractivity contribution in [2.75, 3.05) is 5.32 Å². The van der Waals surface area contributed by atoms with E-state index in [1.165, 1.54) is 10.9 Å². The summed E-state index contributed by atoms with van der Waals surface area (Å²) in [7, 11) is 0. The first-order chi connectivity index (χ1) is 14.4. The molecule has 156 valence electrons. The third-order valence-corrected chi connectivity index (χ3v) is 5.26. The molecule has 0 bridgehead atoms. The van der Waals surface area contributed by atoms with Crippen LogP contribution >= 0.6 is 11.6 Å². The highest BCUT2D eigenvalue weighted by atomic mass is 35.5. The molecule has 1 unspecified atom stereocenters. The van der Waals surface area contributed by atoms with Gasteiger partial charge < -0.3 is 29.9 Å². The molecule has 30 heavy (non-hydrogen) atoms. The van der Waals surface area contributed by atoms with Crippen molar-refractivity contribution in [1.29, 1.82) is 0 Å². The number of anilines is 1. The van der Waals surface area contributed by atoms with Crippen LogP contribution in [0.4, 0.5) is 5.82 Å². The van der Waals surface area contributed by atoms with Gasteiger partial charge in [0.05, 0.1) is 5.39 Å². The number of hydrogen-bond donors (Lipinski definition) is 4. The summed E-state index contributed by atoms with van der Waals surface area (Å²) in [4.78, 5) is 19.9. The minimum atomic E-state index is -1.35. The van der Waals surface area contributed by atoms with Crippen LogP contribution in [0.1, 0.15) is 17.9 Å². The minimum Gasteiger partial charge on any atom is -0.387 e. The number of amides is 1. The van der Waals surface area contributed by atoms with Gasteiger partial charge in [-0.15, -0.1) is 0 Å². The van der Waals surface area contributed by atoms with Crippen LogP contribution in [0.2, 0.25) is 5.02 Å². The largest absolute Gasteiger partial charge is 0.387 e. The van der Waals surface area contributed by atoms with E-state index in [0.29, 0.717) is 21.6 Å². The van der Waals surface area contributed by atoms with E-state index in [9.17, 15) is 20.1 Å². The average molecular weight is 431 g/mol. The predicted octanol–water partition coefficient (Wildman–Crippen LogP) is 1.56. The number of fused-ring (bicyclic) bond motifs is 1. The smallest absolute Gasteiger partial charge is 0.248 e. The topological polar surface area (TPSA) is 130 Å². The number of hydrogen-bond acceptors (Lipinski definition) is 7. The van der Waals surface area contributed by atoms with Gasteiger partial charge in [0.25, 0.3) is 0 Å². The molecule has 4 N–H and O–H groups in total. The highest BCUT2D eigenvalue weighted by molar-refractivity contribution is 6.30. The van der Waals surface area contributed by atoms with Crippen LogP contribution in [-0.2, 0) is 9.53 Å². The maximum Gasteiger partial charge on any atom is 0.248 e. The van der Waals surface area contributed by atoms with E-state index >= 15 is 0 Å². The van der Waals surface area contributed by atoms with Crippen molar-refractivity contribution in [3.05, 3.63) is 66.1 Å². The summed E-state index contributed by atoms with van der Waals surface area (Å²) >= 11 is 5.88. The van der Waals surface area contributed by atoms with Crippen LogP contribution in [-0.4, -0.2) is 54.1 Å². The Balaban J connectivity index is 1.64. The van der Waals surface area contributed by atoms with Crippen molar-refractivity contribution < 1.29 is 24.9 Å². The van der Waals surface area contributed by atoms with Gasteiger partial charge in [-0.1, -0.05) is 30.3 Å². The van der Waals surface area contributed by atoms with Crippen molar-refractivity contribution in [1.82, 2.24) is 14.5 Å². The predicted molar refractivity (Wildman–Crippen MR) is 109 cm³/mol. The van der Waals surface area contributed by atoms with Gasteiger partial charge in [-0.05, 0) is 29.8 Å². The zero-order valence-electron chi connectivity index (χ0n) is 15.6. The van der Waals surface area contributed by atoms with Crippen molar-refractivity contribution in [2.45, 2.75) is 30.6 Å². The maximum atomic E-state index is 11.6. The fourth-order valence-corrected chi connectivity index (χ4v) is 3.60. The van der Waals surface area contributed by atoms with E-state index in [1.807, 2.05) is 0 Å². The molecule has 0 saturated carbocycles. The summed E-state index contributed by atoms with van der Waals surface area (Å²) < 4.78 is 7.36. The Hall–Kier alpha value is -2.82. The van der Waals surface area contributed by atoms with Crippen LogP contribution < -0.4 is 5.32 Å². The summed E-state index contributed by atoms with van der Waals surface area (Å²) in [6.45, 7) is 3.41. The number of aliphatic hydroxyl groups is 3. The fourth-order valence-electron chi connectivity index (χ4n) is 3.47. The lowest BCUT2D eigenvalue weighted by Gasteiger charge is -2.21. The fraction of sp³-hybridized carbons (Fsp3) is 0.250. The molecule has 3 heterocycles. The van der Waals surface area contributed by atoms with Gasteiger partial charge >= 0.3 is 0 Å². The normalized spacial score (nSPS) is 24.7. The van der Waals surface area contributed by atoms with Gasteiger partial charge in [0.2, 0.25) is 5.91 Å². The monoisotopic (exact) mass is 430 g/mol. The van der Waals surface area contributed by atoms with Gasteiger partial charge in [0, 0.05) is 11.2 Å². The Labute approximate surface area is 176 Å². The van der Waals surface area contributed by atoms with E-state index in [1.54, 1.807) is 36.5 Å². The van der Waals surface area contributed by atoms with Crippen LogP contribution in [0.5, 0.6) is 0 Å². The van der Waals surface area contributed by atoms with Crippen molar-refractivity contribution in [3.63, 3.8) is 0 Å². The summed E-state index contributed by atoms with van der Waals surface area (Å²) in [6, 6.07) is 8.13. The molecule has 1 amide bonds. The number of halogens is 1.